The first-order chi connectivity index (χ1) is 14.1. The fraction of sp³-hybridized carbons (Fsp3) is 0.500. The Bertz CT molecular complexity index is 1080. The van der Waals surface area contributed by atoms with E-state index in [1.807, 2.05) is 18.2 Å². The van der Waals surface area contributed by atoms with Crippen LogP contribution in [0.1, 0.15) is 32.0 Å². The molecule has 1 N–H and O–H groups in total. The molecule has 1 unspecified atom stereocenters. The van der Waals surface area contributed by atoms with E-state index in [2.05, 4.69) is 28.0 Å². The van der Waals surface area contributed by atoms with Gasteiger partial charge in [-0.2, -0.15) is 5.10 Å². The average Bonchev–Trinajstić information content (AvgIpc) is 3.12. The van der Waals surface area contributed by atoms with Crippen LogP contribution in [-0.4, -0.2) is 41.6 Å². The van der Waals surface area contributed by atoms with Gasteiger partial charge in [0.25, 0.3) is 0 Å². The van der Waals surface area contributed by atoms with E-state index in [1.165, 1.54) is 4.68 Å². The van der Waals surface area contributed by atoms with E-state index >= 15 is 0 Å². The summed E-state index contributed by atoms with van der Waals surface area (Å²) in [6, 6.07) is 8.19. The van der Waals surface area contributed by atoms with Gasteiger partial charge in [0.1, 0.15) is 5.82 Å². The highest BCUT2D eigenvalue weighted by molar-refractivity contribution is 7.99. The summed E-state index contributed by atoms with van der Waals surface area (Å²) in [5.41, 5.74) is 2.04. The highest BCUT2D eigenvalue weighted by Gasteiger charge is 2.21. The predicted molar refractivity (Wildman–Crippen MR) is 113 cm³/mol. The Hall–Kier alpha value is -2.55. The maximum absolute atomic E-state index is 12.4. The van der Waals surface area contributed by atoms with E-state index in [0.717, 1.165) is 41.4 Å². The van der Waals surface area contributed by atoms with Crippen molar-refractivity contribution in [3.05, 3.63) is 40.6 Å². The summed E-state index contributed by atoms with van der Waals surface area (Å²) in [5.74, 6) is 1.54. The van der Waals surface area contributed by atoms with Gasteiger partial charge in [-0.3, -0.25) is 9.36 Å². The number of carbonyl (C=O) groups is 1. The number of para-hydroxylation sites is 2. The van der Waals surface area contributed by atoms with Crippen molar-refractivity contribution in [1.82, 2.24) is 29.2 Å². The van der Waals surface area contributed by atoms with Gasteiger partial charge in [0.05, 0.1) is 11.0 Å². The van der Waals surface area contributed by atoms with E-state index < -0.39 is 0 Å². The van der Waals surface area contributed by atoms with Crippen LogP contribution < -0.4 is 11.0 Å². The number of carbonyl (C=O) groups excluding carboxylic acids is 1. The van der Waals surface area contributed by atoms with E-state index in [0.29, 0.717) is 25.1 Å². The minimum atomic E-state index is -0.0813. The Kier molecular flexibility index (Phi) is 5.75. The lowest BCUT2D eigenvalue weighted by atomic mass is 10.1. The topological polar surface area (TPSA) is 86.7 Å². The SMILES string of the molecule is CCn1c(SCCC(=O)NC2CCc3nn(C)c(=O)n3CC2)nc2ccccc21. The van der Waals surface area contributed by atoms with Gasteiger partial charge in [-0.25, -0.2) is 14.5 Å². The second-order valence-corrected chi connectivity index (χ2v) is 8.35. The van der Waals surface area contributed by atoms with E-state index in [4.69, 9.17) is 4.98 Å². The molecule has 0 spiro atoms. The molecule has 3 aromatic rings. The molecule has 0 radical (unpaired) electrons. The first-order valence-electron chi connectivity index (χ1n) is 10.1. The number of nitrogens with one attached hydrogen (secondary N) is 1. The zero-order valence-corrected chi connectivity index (χ0v) is 17.6. The molecule has 0 fully saturated rings. The molecular formula is C20H26N6O2S. The molecule has 0 aliphatic carbocycles. The van der Waals surface area contributed by atoms with Crippen molar-refractivity contribution in [2.24, 2.45) is 7.05 Å². The molecule has 0 saturated carbocycles. The minimum Gasteiger partial charge on any atom is -0.353 e. The van der Waals surface area contributed by atoms with E-state index in [1.54, 1.807) is 23.4 Å². The number of thioether (sulfide) groups is 1. The van der Waals surface area contributed by atoms with Crippen molar-refractivity contribution in [2.45, 2.75) is 56.9 Å². The molecule has 1 aliphatic rings. The summed E-state index contributed by atoms with van der Waals surface area (Å²) >= 11 is 1.62. The lowest BCUT2D eigenvalue weighted by Crippen LogP contribution is -2.35. The van der Waals surface area contributed by atoms with Gasteiger partial charge < -0.3 is 9.88 Å². The van der Waals surface area contributed by atoms with Crippen LogP contribution in [0, 0.1) is 0 Å². The third-order valence-electron chi connectivity index (χ3n) is 5.36. The maximum atomic E-state index is 12.4. The average molecular weight is 415 g/mol. The van der Waals surface area contributed by atoms with Gasteiger partial charge in [0.2, 0.25) is 5.91 Å². The van der Waals surface area contributed by atoms with Crippen molar-refractivity contribution in [3.8, 4) is 0 Å². The van der Waals surface area contributed by atoms with E-state index in [9.17, 15) is 9.59 Å². The Balaban J connectivity index is 1.29. The third-order valence-corrected chi connectivity index (χ3v) is 6.34. The minimum absolute atomic E-state index is 0.0501. The highest BCUT2D eigenvalue weighted by Crippen LogP contribution is 2.24. The summed E-state index contributed by atoms with van der Waals surface area (Å²) in [7, 11) is 1.67. The van der Waals surface area contributed by atoms with Gasteiger partial charge >= 0.3 is 5.69 Å². The molecule has 0 bridgehead atoms. The number of rotatable bonds is 6. The molecule has 4 rings (SSSR count). The first kappa shape index (κ1) is 19.8. The van der Waals surface area contributed by atoms with Crippen LogP contribution in [0.5, 0.6) is 0 Å². The van der Waals surface area contributed by atoms with Crippen LogP contribution in [0.15, 0.2) is 34.2 Å². The molecule has 8 nitrogen and oxygen atoms in total. The standard InChI is InChI=1S/C20H26N6O2S/c1-3-25-16-7-5-4-6-15(16)22-19(25)29-13-11-18(27)21-14-8-9-17-23-24(2)20(28)26(17)12-10-14/h4-7,14H,3,8-13H2,1-2H3,(H,21,27). The number of benzene rings is 1. The Morgan fingerprint density at radius 2 is 2.14 bits per heavy atom. The molecule has 2 aromatic heterocycles. The van der Waals surface area contributed by atoms with Crippen LogP contribution >= 0.6 is 11.8 Å². The van der Waals surface area contributed by atoms with Crippen LogP contribution in [-0.2, 0) is 31.4 Å². The van der Waals surface area contributed by atoms with Crippen LogP contribution in [0.4, 0.5) is 0 Å². The van der Waals surface area contributed by atoms with Crippen molar-refractivity contribution in [1.29, 1.82) is 0 Å². The molecule has 29 heavy (non-hydrogen) atoms. The number of aromatic nitrogens is 5. The number of imidazole rings is 1. The number of hydrogen-bond donors (Lipinski definition) is 1. The second-order valence-electron chi connectivity index (χ2n) is 7.29. The molecule has 0 saturated heterocycles. The molecular weight excluding hydrogens is 388 g/mol. The lowest BCUT2D eigenvalue weighted by molar-refractivity contribution is -0.121. The molecule has 3 heterocycles. The number of fused-ring (bicyclic) bond motifs is 2. The largest absolute Gasteiger partial charge is 0.353 e. The molecule has 1 atom stereocenters. The van der Waals surface area contributed by atoms with Crippen molar-refractivity contribution < 1.29 is 4.79 Å². The number of amides is 1. The Labute approximate surface area is 173 Å². The normalized spacial score (nSPS) is 16.6. The molecule has 1 aliphatic heterocycles. The number of hydrogen-bond acceptors (Lipinski definition) is 5. The van der Waals surface area contributed by atoms with Crippen molar-refractivity contribution in [2.75, 3.05) is 5.75 Å². The zero-order valence-electron chi connectivity index (χ0n) is 16.8. The smallest absolute Gasteiger partial charge is 0.345 e. The van der Waals surface area contributed by atoms with Gasteiger partial charge in [0.15, 0.2) is 5.16 Å². The summed E-state index contributed by atoms with van der Waals surface area (Å²) in [6.45, 7) is 3.56. The van der Waals surface area contributed by atoms with E-state index in [-0.39, 0.29) is 17.6 Å². The monoisotopic (exact) mass is 414 g/mol. The number of aryl methyl sites for hydroxylation is 3. The molecule has 154 valence electrons. The third kappa shape index (κ3) is 4.10. The summed E-state index contributed by atoms with van der Waals surface area (Å²) in [6.07, 6.45) is 2.71. The van der Waals surface area contributed by atoms with Crippen LogP contribution in [0.3, 0.4) is 0 Å². The van der Waals surface area contributed by atoms with Gasteiger partial charge in [-0.05, 0) is 31.9 Å². The highest BCUT2D eigenvalue weighted by atomic mass is 32.2. The summed E-state index contributed by atoms with van der Waals surface area (Å²) < 4.78 is 5.29. The van der Waals surface area contributed by atoms with Crippen molar-refractivity contribution >= 4 is 28.7 Å². The molecule has 1 amide bonds. The molecule has 9 heteroatoms. The van der Waals surface area contributed by atoms with Gasteiger partial charge in [0, 0.05) is 44.8 Å². The fourth-order valence-electron chi connectivity index (χ4n) is 3.85. The molecule has 1 aromatic carbocycles. The number of nitrogens with zero attached hydrogens (tertiary/aromatic N) is 5. The van der Waals surface area contributed by atoms with Gasteiger partial charge in [-0.15, -0.1) is 0 Å². The fourth-order valence-corrected chi connectivity index (χ4v) is 4.86. The Morgan fingerprint density at radius 3 is 2.97 bits per heavy atom. The lowest BCUT2D eigenvalue weighted by Gasteiger charge is -2.16. The van der Waals surface area contributed by atoms with Crippen molar-refractivity contribution in [3.63, 3.8) is 0 Å². The van der Waals surface area contributed by atoms with Crippen LogP contribution in [0.2, 0.25) is 0 Å². The van der Waals surface area contributed by atoms with Gasteiger partial charge in [-0.1, -0.05) is 23.9 Å². The zero-order chi connectivity index (χ0) is 20.4. The second kappa shape index (κ2) is 8.44. The predicted octanol–water partition coefficient (Wildman–Crippen LogP) is 1.95. The Morgan fingerprint density at radius 1 is 1.31 bits per heavy atom. The maximum Gasteiger partial charge on any atom is 0.345 e. The summed E-state index contributed by atoms with van der Waals surface area (Å²) in [5, 5.41) is 8.37. The quantitative estimate of drug-likeness (QED) is 0.623. The van der Waals surface area contributed by atoms with Crippen LogP contribution in [0.25, 0.3) is 11.0 Å². The summed E-state index contributed by atoms with van der Waals surface area (Å²) in [4.78, 5) is 29.2. The first-order valence-corrected chi connectivity index (χ1v) is 11.1.